The Balaban J connectivity index is 2.33. The van der Waals surface area contributed by atoms with Crippen molar-refractivity contribution < 1.29 is 24.1 Å². The molecular weight excluding hydrogens is 274 g/mol. The molecule has 0 aliphatic heterocycles. The van der Waals surface area contributed by atoms with Crippen LogP contribution in [0.5, 0.6) is 0 Å². The van der Waals surface area contributed by atoms with Crippen LogP contribution < -0.4 is 5.32 Å². The summed E-state index contributed by atoms with van der Waals surface area (Å²) >= 11 is 0. The fourth-order valence-corrected chi connectivity index (χ4v) is 2.68. The van der Waals surface area contributed by atoms with Gasteiger partial charge in [0.05, 0.1) is 20.3 Å². The topological polar surface area (TPSA) is 77.0 Å². The summed E-state index contributed by atoms with van der Waals surface area (Å²) in [5, 5.41) is 13.2. The number of nitrogens with one attached hydrogen (secondary N) is 1. The molecule has 2 N–H and O–H groups in total. The minimum absolute atomic E-state index is 0.0698. The molecule has 2 rings (SSSR count). The SMILES string of the molecule is COC(=O)NC1C=C2C(=CC(OC)C(OC)=C2O)CCC1. The number of rotatable bonds is 3. The summed E-state index contributed by atoms with van der Waals surface area (Å²) in [4.78, 5) is 11.4. The van der Waals surface area contributed by atoms with Gasteiger partial charge in [0.2, 0.25) is 0 Å². The van der Waals surface area contributed by atoms with E-state index in [-0.39, 0.29) is 17.9 Å². The number of aliphatic hydroxyl groups is 1. The molecular formula is C15H21NO5. The van der Waals surface area contributed by atoms with Crippen molar-refractivity contribution in [1.29, 1.82) is 0 Å². The van der Waals surface area contributed by atoms with E-state index in [9.17, 15) is 9.90 Å². The minimum atomic E-state index is -0.481. The summed E-state index contributed by atoms with van der Waals surface area (Å²) in [7, 11) is 4.40. The van der Waals surface area contributed by atoms with E-state index in [4.69, 9.17) is 9.47 Å². The molecule has 2 atom stereocenters. The average molecular weight is 295 g/mol. The fraction of sp³-hybridized carbons (Fsp3) is 0.533. The van der Waals surface area contributed by atoms with Gasteiger partial charge in [-0.3, -0.25) is 0 Å². The van der Waals surface area contributed by atoms with E-state index in [0.29, 0.717) is 11.3 Å². The summed E-state index contributed by atoms with van der Waals surface area (Å²) in [5.41, 5.74) is 1.70. The van der Waals surface area contributed by atoms with E-state index in [1.807, 2.05) is 12.2 Å². The highest BCUT2D eigenvalue weighted by atomic mass is 16.5. The third-order valence-corrected chi connectivity index (χ3v) is 3.74. The fourth-order valence-electron chi connectivity index (χ4n) is 2.68. The van der Waals surface area contributed by atoms with Crippen LogP contribution in [0.4, 0.5) is 4.79 Å². The molecule has 21 heavy (non-hydrogen) atoms. The lowest BCUT2D eigenvalue weighted by Gasteiger charge is -2.24. The Bertz CT molecular complexity index is 506. The van der Waals surface area contributed by atoms with E-state index in [2.05, 4.69) is 10.1 Å². The van der Waals surface area contributed by atoms with Crippen molar-refractivity contribution in [2.75, 3.05) is 21.3 Å². The largest absolute Gasteiger partial charge is 0.504 e. The molecule has 2 unspecified atom stereocenters. The number of aliphatic hydroxyl groups excluding tert-OH is 1. The number of carbonyl (C=O) groups is 1. The monoisotopic (exact) mass is 295 g/mol. The van der Waals surface area contributed by atoms with Crippen LogP contribution >= 0.6 is 0 Å². The number of alkyl carbamates (subject to hydrolysis) is 1. The number of hydrogen-bond donors (Lipinski definition) is 2. The van der Waals surface area contributed by atoms with Crippen molar-refractivity contribution in [3.05, 3.63) is 34.8 Å². The molecule has 0 aromatic carbocycles. The molecule has 0 heterocycles. The summed E-state index contributed by atoms with van der Waals surface area (Å²) in [6, 6.07) is -0.183. The van der Waals surface area contributed by atoms with Crippen molar-refractivity contribution in [3.63, 3.8) is 0 Å². The Morgan fingerprint density at radius 3 is 2.71 bits per heavy atom. The summed E-state index contributed by atoms with van der Waals surface area (Å²) < 4.78 is 15.2. The first-order chi connectivity index (χ1) is 10.1. The standard InChI is InChI=1S/C15H21NO5/c1-19-12-7-9-5-4-6-10(16-15(18)21-3)8-11(9)13(17)14(12)20-2/h7-8,10,12,17H,4-6H2,1-3H3,(H,16,18). The number of hydrogen-bond acceptors (Lipinski definition) is 5. The lowest BCUT2D eigenvalue weighted by atomic mass is 9.92. The Morgan fingerprint density at radius 1 is 1.33 bits per heavy atom. The van der Waals surface area contributed by atoms with Crippen LogP contribution in [0.2, 0.25) is 0 Å². The molecule has 2 aliphatic carbocycles. The zero-order valence-corrected chi connectivity index (χ0v) is 12.5. The van der Waals surface area contributed by atoms with Crippen molar-refractivity contribution in [1.82, 2.24) is 5.32 Å². The number of carbonyl (C=O) groups excluding carboxylic acids is 1. The van der Waals surface area contributed by atoms with Crippen molar-refractivity contribution >= 4 is 6.09 Å². The van der Waals surface area contributed by atoms with Crippen LogP contribution in [0, 0.1) is 0 Å². The van der Waals surface area contributed by atoms with E-state index >= 15 is 0 Å². The van der Waals surface area contributed by atoms with Gasteiger partial charge in [0.1, 0.15) is 6.10 Å². The second kappa shape index (κ2) is 6.67. The predicted molar refractivity (Wildman–Crippen MR) is 76.8 cm³/mol. The van der Waals surface area contributed by atoms with Gasteiger partial charge >= 0.3 is 6.09 Å². The Kier molecular flexibility index (Phi) is 4.90. The van der Waals surface area contributed by atoms with Crippen molar-refractivity contribution in [2.45, 2.75) is 31.4 Å². The summed E-state index contributed by atoms with van der Waals surface area (Å²) in [5.74, 6) is 0.451. The second-order valence-electron chi connectivity index (χ2n) is 4.98. The van der Waals surface area contributed by atoms with Gasteiger partial charge in [-0.15, -0.1) is 0 Å². The molecule has 0 bridgehead atoms. The van der Waals surface area contributed by atoms with Crippen LogP contribution in [0.1, 0.15) is 19.3 Å². The van der Waals surface area contributed by atoms with Gasteiger partial charge in [0, 0.05) is 12.7 Å². The van der Waals surface area contributed by atoms with E-state index in [0.717, 1.165) is 24.8 Å². The summed E-state index contributed by atoms with van der Waals surface area (Å²) in [6.45, 7) is 0. The first-order valence-electron chi connectivity index (χ1n) is 6.88. The van der Waals surface area contributed by atoms with Gasteiger partial charge in [-0.1, -0.05) is 6.08 Å². The quantitative estimate of drug-likeness (QED) is 0.834. The highest BCUT2D eigenvalue weighted by Crippen LogP contribution is 2.35. The van der Waals surface area contributed by atoms with Crippen LogP contribution in [0.25, 0.3) is 0 Å². The second-order valence-corrected chi connectivity index (χ2v) is 4.98. The number of fused-ring (bicyclic) bond motifs is 1. The Morgan fingerprint density at radius 2 is 2.10 bits per heavy atom. The van der Waals surface area contributed by atoms with Gasteiger partial charge in [0.15, 0.2) is 11.5 Å². The number of ether oxygens (including phenoxy) is 3. The highest BCUT2D eigenvalue weighted by Gasteiger charge is 2.30. The van der Waals surface area contributed by atoms with Crippen LogP contribution in [0.15, 0.2) is 34.8 Å². The zero-order valence-electron chi connectivity index (χ0n) is 12.5. The Labute approximate surface area is 124 Å². The molecule has 6 heteroatoms. The maximum absolute atomic E-state index is 11.4. The Hall–Kier alpha value is -1.95. The molecule has 0 aromatic heterocycles. The summed E-state index contributed by atoms with van der Waals surface area (Å²) in [6.07, 6.45) is 5.42. The normalized spacial score (nSPS) is 25.3. The van der Waals surface area contributed by atoms with Crippen molar-refractivity contribution in [3.8, 4) is 0 Å². The minimum Gasteiger partial charge on any atom is -0.504 e. The van der Waals surface area contributed by atoms with E-state index in [1.165, 1.54) is 14.2 Å². The van der Waals surface area contributed by atoms with Crippen LogP contribution in [-0.4, -0.2) is 44.7 Å². The average Bonchev–Trinajstić information content (AvgIpc) is 2.69. The van der Waals surface area contributed by atoms with Gasteiger partial charge in [-0.25, -0.2) is 4.79 Å². The molecule has 0 aromatic rings. The van der Waals surface area contributed by atoms with Crippen molar-refractivity contribution in [2.24, 2.45) is 0 Å². The molecule has 0 saturated carbocycles. The van der Waals surface area contributed by atoms with Gasteiger partial charge < -0.3 is 24.6 Å². The molecule has 1 amide bonds. The van der Waals surface area contributed by atoms with Gasteiger partial charge in [-0.05, 0) is 30.9 Å². The number of methoxy groups -OCH3 is 3. The molecule has 2 aliphatic rings. The lowest BCUT2D eigenvalue weighted by Crippen LogP contribution is -2.33. The third-order valence-electron chi connectivity index (χ3n) is 3.74. The predicted octanol–water partition coefficient (Wildman–Crippen LogP) is 2.19. The first kappa shape index (κ1) is 15.4. The molecule has 116 valence electrons. The van der Waals surface area contributed by atoms with Gasteiger partial charge in [0.25, 0.3) is 0 Å². The number of allylic oxidation sites excluding steroid dienone is 1. The van der Waals surface area contributed by atoms with E-state index in [1.54, 1.807) is 7.11 Å². The molecule has 0 spiro atoms. The third kappa shape index (κ3) is 3.21. The maximum Gasteiger partial charge on any atom is 0.407 e. The molecule has 0 saturated heterocycles. The highest BCUT2D eigenvalue weighted by molar-refractivity contribution is 5.68. The first-order valence-corrected chi connectivity index (χ1v) is 6.88. The van der Waals surface area contributed by atoms with E-state index < -0.39 is 6.09 Å². The molecule has 6 nitrogen and oxygen atoms in total. The smallest absolute Gasteiger partial charge is 0.407 e. The van der Waals surface area contributed by atoms with Crippen LogP contribution in [-0.2, 0) is 14.2 Å². The van der Waals surface area contributed by atoms with Crippen LogP contribution in [0.3, 0.4) is 0 Å². The maximum atomic E-state index is 11.4. The number of amides is 1. The zero-order chi connectivity index (χ0) is 15.4. The molecule has 0 radical (unpaired) electrons. The van der Waals surface area contributed by atoms with Gasteiger partial charge in [-0.2, -0.15) is 0 Å². The lowest BCUT2D eigenvalue weighted by molar-refractivity contribution is 0.0977. The molecule has 0 fully saturated rings.